The maximum atomic E-state index is 9.22. The Labute approximate surface area is 113 Å². The van der Waals surface area contributed by atoms with Crippen molar-refractivity contribution in [3.8, 4) is 11.8 Å². The molecular weight excluding hydrogens is 236 g/mol. The van der Waals surface area contributed by atoms with Gasteiger partial charge in [0, 0.05) is 5.39 Å². The molecule has 2 aromatic carbocycles. The molecular formula is C16H18N2O. The van der Waals surface area contributed by atoms with E-state index in [1.807, 2.05) is 44.2 Å². The molecule has 0 fully saturated rings. The SMILES string of the molecule is CCNC(C)(C#N)COc1cccc2ccccc12. The monoisotopic (exact) mass is 254 g/mol. The third-order valence-corrected chi connectivity index (χ3v) is 3.08. The number of nitriles is 1. The van der Waals surface area contributed by atoms with Gasteiger partial charge < -0.3 is 4.74 Å². The minimum atomic E-state index is -0.661. The largest absolute Gasteiger partial charge is 0.490 e. The molecule has 98 valence electrons. The molecule has 0 amide bonds. The fourth-order valence-electron chi connectivity index (χ4n) is 2.06. The maximum absolute atomic E-state index is 9.22. The Kier molecular flexibility index (Phi) is 4.03. The molecule has 2 aromatic rings. The molecule has 0 aromatic heterocycles. The molecule has 0 aliphatic rings. The Balaban J connectivity index is 2.21. The topological polar surface area (TPSA) is 45.0 Å². The molecule has 0 aliphatic carbocycles. The Bertz CT molecular complexity index is 598. The molecule has 0 heterocycles. The van der Waals surface area contributed by atoms with E-state index in [1.54, 1.807) is 0 Å². The van der Waals surface area contributed by atoms with Gasteiger partial charge in [0.1, 0.15) is 17.9 Å². The van der Waals surface area contributed by atoms with Gasteiger partial charge in [-0.25, -0.2) is 0 Å². The van der Waals surface area contributed by atoms with E-state index in [1.165, 1.54) is 0 Å². The zero-order valence-corrected chi connectivity index (χ0v) is 11.3. The van der Waals surface area contributed by atoms with Crippen molar-refractivity contribution >= 4 is 10.8 Å². The van der Waals surface area contributed by atoms with Crippen molar-refractivity contribution in [1.29, 1.82) is 5.26 Å². The number of nitrogens with zero attached hydrogens (tertiary/aromatic N) is 1. The van der Waals surface area contributed by atoms with Gasteiger partial charge in [-0.05, 0) is 24.9 Å². The molecule has 1 unspecified atom stereocenters. The van der Waals surface area contributed by atoms with Gasteiger partial charge in [0.2, 0.25) is 0 Å². The van der Waals surface area contributed by atoms with E-state index in [-0.39, 0.29) is 0 Å². The predicted molar refractivity (Wildman–Crippen MR) is 77.1 cm³/mol. The van der Waals surface area contributed by atoms with Crippen molar-refractivity contribution in [2.45, 2.75) is 19.4 Å². The predicted octanol–water partition coefficient (Wildman–Crippen LogP) is 3.11. The van der Waals surface area contributed by atoms with Crippen molar-refractivity contribution in [2.75, 3.05) is 13.2 Å². The summed E-state index contributed by atoms with van der Waals surface area (Å²) in [6, 6.07) is 16.3. The van der Waals surface area contributed by atoms with E-state index in [9.17, 15) is 5.26 Å². The van der Waals surface area contributed by atoms with Gasteiger partial charge >= 0.3 is 0 Å². The maximum Gasteiger partial charge on any atom is 0.138 e. The van der Waals surface area contributed by atoms with E-state index in [4.69, 9.17) is 4.74 Å². The van der Waals surface area contributed by atoms with Crippen molar-refractivity contribution in [1.82, 2.24) is 5.32 Å². The smallest absolute Gasteiger partial charge is 0.138 e. The van der Waals surface area contributed by atoms with Crippen LogP contribution in [-0.2, 0) is 0 Å². The lowest BCUT2D eigenvalue weighted by atomic mass is 10.1. The van der Waals surface area contributed by atoms with Gasteiger partial charge in [0.25, 0.3) is 0 Å². The fourth-order valence-corrected chi connectivity index (χ4v) is 2.06. The molecule has 0 saturated heterocycles. The molecule has 0 aliphatic heterocycles. The average Bonchev–Trinajstić information content (AvgIpc) is 2.45. The highest BCUT2D eigenvalue weighted by Crippen LogP contribution is 2.25. The lowest BCUT2D eigenvalue weighted by Gasteiger charge is -2.23. The highest BCUT2D eigenvalue weighted by molar-refractivity contribution is 5.88. The van der Waals surface area contributed by atoms with E-state index in [0.29, 0.717) is 6.61 Å². The molecule has 0 bridgehead atoms. The summed E-state index contributed by atoms with van der Waals surface area (Å²) in [6.07, 6.45) is 0. The van der Waals surface area contributed by atoms with E-state index in [2.05, 4.69) is 23.5 Å². The third kappa shape index (κ3) is 3.04. The molecule has 1 N–H and O–H groups in total. The van der Waals surface area contributed by atoms with Gasteiger partial charge in [-0.1, -0.05) is 43.3 Å². The van der Waals surface area contributed by atoms with Crippen LogP contribution in [0.5, 0.6) is 5.75 Å². The van der Waals surface area contributed by atoms with Gasteiger partial charge in [0.05, 0.1) is 6.07 Å². The summed E-state index contributed by atoms with van der Waals surface area (Å²) in [6.45, 7) is 4.89. The number of likely N-dealkylation sites (N-methyl/N-ethyl adjacent to an activating group) is 1. The number of hydrogen-bond acceptors (Lipinski definition) is 3. The minimum Gasteiger partial charge on any atom is -0.490 e. The standard InChI is InChI=1S/C16H18N2O/c1-3-18-16(2,11-17)12-19-15-10-6-8-13-7-4-5-9-14(13)15/h4-10,18H,3,12H2,1-2H3. The normalized spacial score (nSPS) is 13.7. The summed E-state index contributed by atoms with van der Waals surface area (Å²) < 4.78 is 5.84. The lowest BCUT2D eigenvalue weighted by Crippen LogP contribution is -2.46. The zero-order valence-electron chi connectivity index (χ0n) is 11.3. The van der Waals surface area contributed by atoms with Crippen LogP contribution < -0.4 is 10.1 Å². The average molecular weight is 254 g/mol. The number of nitrogens with one attached hydrogen (secondary N) is 1. The second-order valence-corrected chi connectivity index (χ2v) is 4.74. The summed E-state index contributed by atoms with van der Waals surface area (Å²) in [5.74, 6) is 0.817. The first kappa shape index (κ1) is 13.4. The molecule has 2 rings (SSSR count). The molecule has 0 radical (unpaired) electrons. The first-order valence-corrected chi connectivity index (χ1v) is 6.45. The zero-order chi connectivity index (χ0) is 13.7. The van der Waals surface area contributed by atoms with Crippen LogP contribution in [-0.4, -0.2) is 18.7 Å². The number of fused-ring (bicyclic) bond motifs is 1. The molecule has 3 nitrogen and oxygen atoms in total. The summed E-state index contributed by atoms with van der Waals surface area (Å²) in [4.78, 5) is 0. The van der Waals surface area contributed by atoms with Crippen molar-refractivity contribution in [3.05, 3.63) is 42.5 Å². The highest BCUT2D eigenvalue weighted by atomic mass is 16.5. The summed E-state index contributed by atoms with van der Waals surface area (Å²) in [5, 5.41) is 14.6. The highest BCUT2D eigenvalue weighted by Gasteiger charge is 2.23. The van der Waals surface area contributed by atoms with Crippen LogP contribution in [0.15, 0.2) is 42.5 Å². The first-order chi connectivity index (χ1) is 9.18. The van der Waals surface area contributed by atoms with Gasteiger partial charge in [-0.2, -0.15) is 5.26 Å². The van der Waals surface area contributed by atoms with Crippen LogP contribution in [0, 0.1) is 11.3 Å². The van der Waals surface area contributed by atoms with Crippen molar-refractivity contribution in [3.63, 3.8) is 0 Å². The quantitative estimate of drug-likeness (QED) is 0.891. The lowest BCUT2D eigenvalue weighted by molar-refractivity contribution is 0.239. The Morgan fingerprint density at radius 1 is 1.21 bits per heavy atom. The number of hydrogen-bond donors (Lipinski definition) is 1. The van der Waals surface area contributed by atoms with Gasteiger partial charge in [-0.15, -0.1) is 0 Å². The first-order valence-electron chi connectivity index (χ1n) is 6.45. The molecule has 3 heteroatoms. The molecule has 19 heavy (non-hydrogen) atoms. The fraction of sp³-hybridized carbons (Fsp3) is 0.312. The summed E-state index contributed by atoms with van der Waals surface area (Å²) in [7, 11) is 0. The van der Waals surface area contributed by atoms with Crippen LogP contribution in [0.4, 0.5) is 0 Å². The van der Waals surface area contributed by atoms with Crippen LogP contribution in [0.3, 0.4) is 0 Å². The number of benzene rings is 2. The second-order valence-electron chi connectivity index (χ2n) is 4.74. The van der Waals surface area contributed by atoms with Gasteiger partial charge in [0.15, 0.2) is 0 Å². The molecule has 1 atom stereocenters. The Hall–Kier alpha value is -2.05. The van der Waals surface area contributed by atoms with Crippen LogP contribution in [0.25, 0.3) is 10.8 Å². The van der Waals surface area contributed by atoms with Gasteiger partial charge in [-0.3, -0.25) is 5.32 Å². The molecule has 0 spiro atoms. The van der Waals surface area contributed by atoms with E-state index in [0.717, 1.165) is 23.1 Å². The Morgan fingerprint density at radius 2 is 1.95 bits per heavy atom. The van der Waals surface area contributed by atoms with E-state index >= 15 is 0 Å². The third-order valence-electron chi connectivity index (χ3n) is 3.08. The summed E-state index contributed by atoms with van der Waals surface area (Å²) >= 11 is 0. The second kappa shape index (κ2) is 5.73. The Morgan fingerprint density at radius 3 is 2.68 bits per heavy atom. The number of rotatable bonds is 5. The van der Waals surface area contributed by atoms with Crippen LogP contribution in [0.1, 0.15) is 13.8 Å². The van der Waals surface area contributed by atoms with Crippen molar-refractivity contribution < 1.29 is 4.74 Å². The van der Waals surface area contributed by atoms with E-state index < -0.39 is 5.54 Å². The van der Waals surface area contributed by atoms with Crippen LogP contribution in [0.2, 0.25) is 0 Å². The summed E-state index contributed by atoms with van der Waals surface area (Å²) in [5.41, 5.74) is -0.661. The van der Waals surface area contributed by atoms with Crippen LogP contribution >= 0.6 is 0 Å². The number of ether oxygens (including phenoxy) is 1. The molecule has 0 saturated carbocycles. The minimum absolute atomic E-state index is 0.325. The van der Waals surface area contributed by atoms with Crippen molar-refractivity contribution in [2.24, 2.45) is 0 Å².